The summed E-state index contributed by atoms with van der Waals surface area (Å²) in [7, 11) is 0. The predicted octanol–water partition coefficient (Wildman–Crippen LogP) is 1.79. The van der Waals surface area contributed by atoms with Gasteiger partial charge in [0.25, 0.3) is 5.91 Å². The first-order valence-corrected chi connectivity index (χ1v) is 7.94. The number of rotatable bonds is 4. The third kappa shape index (κ3) is 3.78. The van der Waals surface area contributed by atoms with Gasteiger partial charge in [0.1, 0.15) is 11.8 Å². The van der Waals surface area contributed by atoms with Crippen LogP contribution in [0.2, 0.25) is 0 Å². The summed E-state index contributed by atoms with van der Waals surface area (Å²) in [6.45, 7) is 0.952. The van der Waals surface area contributed by atoms with Crippen molar-refractivity contribution in [3.05, 3.63) is 65.2 Å². The molecule has 0 saturated carbocycles. The van der Waals surface area contributed by atoms with Crippen LogP contribution in [0.3, 0.4) is 0 Å². The van der Waals surface area contributed by atoms with E-state index in [1.165, 1.54) is 12.1 Å². The van der Waals surface area contributed by atoms with E-state index in [-0.39, 0.29) is 17.6 Å². The number of carbonyl (C=O) groups is 2. The largest absolute Gasteiger partial charge is 0.508 e. The highest BCUT2D eigenvalue weighted by molar-refractivity contribution is 5.98. The van der Waals surface area contributed by atoms with Crippen molar-refractivity contribution in [2.24, 2.45) is 0 Å². The Bertz CT molecular complexity index is 857. The van der Waals surface area contributed by atoms with Crippen molar-refractivity contribution in [3.63, 3.8) is 0 Å². The molecular weight excluding hydrogens is 318 g/mol. The molecule has 25 heavy (non-hydrogen) atoms. The summed E-state index contributed by atoms with van der Waals surface area (Å²) in [5.74, 6) is -0.525. The van der Waals surface area contributed by atoms with E-state index in [9.17, 15) is 14.7 Å². The van der Waals surface area contributed by atoms with Crippen molar-refractivity contribution in [2.75, 3.05) is 6.54 Å². The van der Waals surface area contributed by atoms with Crippen LogP contribution < -0.4 is 5.32 Å². The fourth-order valence-electron chi connectivity index (χ4n) is 2.88. The zero-order valence-electron chi connectivity index (χ0n) is 13.5. The zero-order valence-corrected chi connectivity index (χ0v) is 13.5. The van der Waals surface area contributed by atoms with Crippen molar-refractivity contribution in [2.45, 2.75) is 19.0 Å². The third-order valence-electron chi connectivity index (χ3n) is 4.14. The van der Waals surface area contributed by atoms with Crippen LogP contribution in [0.4, 0.5) is 0 Å². The fourth-order valence-corrected chi connectivity index (χ4v) is 2.88. The van der Waals surface area contributed by atoms with Gasteiger partial charge in [-0.2, -0.15) is 5.26 Å². The minimum atomic E-state index is -0.575. The van der Waals surface area contributed by atoms with E-state index in [4.69, 9.17) is 5.26 Å². The molecule has 2 N–H and O–H groups in total. The molecule has 2 aromatic carbocycles. The Labute approximate surface area is 145 Å². The van der Waals surface area contributed by atoms with Crippen LogP contribution in [-0.2, 0) is 11.3 Å². The number of likely N-dealkylation sites (tertiary alicyclic amines) is 1. The molecule has 126 valence electrons. The Morgan fingerprint density at radius 3 is 2.84 bits per heavy atom. The SMILES string of the molecule is N#Cc1cccc(CN2CC[C@H](NC(=O)c3cccc(O)c3)C2=O)c1. The van der Waals surface area contributed by atoms with Crippen LogP contribution in [-0.4, -0.2) is 34.4 Å². The highest BCUT2D eigenvalue weighted by Gasteiger charge is 2.32. The molecule has 1 heterocycles. The number of nitrogens with one attached hydrogen (secondary N) is 1. The van der Waals surface area contributed by atoms with Gasteiger partial charge in [0, 0.05) is 18.7 Å². The van der Waals surface area contributed by atoms with Crippen molar-refractivity contribution >= 4 is 11.8 Å². The minimum Gasteiger partial charge on any atom is -0.508 e. The number of nitrogens with zero attached hydrogens (tertiary/aromatic N) is 2. The van der Waals surface area contributed by atoms with E-state index in [1.54, 1.807) is 35.2 Å². The molecular formula is C19H17N3O3. The number of hydrogen-bond acceptors (Lipinski definition) is 4. The smallest absolute Gasteiger partial charge is 0.252 e. The number of hydrogen-bond donors (Lipinski definition) is 2. The average Bonchev–Trinajstić information content (AvgIpc) is 2.95. The minimum absolute atomic E-state index is 0.00407. The highest BCUT2D eigenvalue weighted by Crippen LogP contribution is 2.17. The van der Waals surface area contributed by atoms with Crippen LogP contribution >= 0.6 is 0 Å². The summed E-state index contributed by atoms with van der Waals surface area (Å²) in [5, 5.41) is 21.1. The normalized spacial score (nSPS) is 16.5. The standard InChI is InChI=1S/C19H17N3O3/c20-11-13-3-1-4-14(9-13)12-22-8-7-17(19(22)25)21-18(24)15-5-2-6-16(23)10-15/h1-6,9-10,17,23H,7-8,12H2,(H,21,24)/t17-/m0/s1. The maximum absolute atomic E-state index is 12.5. The summed E-state index contributed by atoms with van der Waals surface area (Å²) in [6, 6.07) is 14.6. The summed E-state index contributed by atoms with van der Waals surface area (Å²) >= 11 is 0. The number of benzene rings is 2. The second kappa shape index (κ2) is 7.05. The molecule has 1 atom stereocenters. The topological polar surface area (TPSA) is 93.4 Å². The van der Waals surface area contributed by atoms with Crippen molar-refractivity contribution < 1.29 is 14.7 Å². The van der Waals surface area contributed by atoms with Gasteiger partial charge >= 0.3 is 0 Å². The highest BCUT2D eigenvalue weighted by atomic mass is 16.3. The van der Waals surface area contributed by atoms with E-state index in [1.807, 2.05) is 6.07 Å². The fraction of sp³-hybridized carbons (Fsp3) is 0.211. The van der Waals surface area contributed by atoms with E-state index in [0.29, 0.717) is 30.6 Å². The first kappa shape index (κ1) is 16.5. The summed E-state index contributed by atoms with van der Waals surface area (Å²) in [5.41, 5.74) is 1.75. The van der Waals surface area contributed by atoms with E-state index in [2.05, 4.69) is 11.4 Å². The predicted molar refractivity (Wildman–Crippen MR) is 90.6 cm³/mol. The van der Waals surface area contributed by atoms with E-state index >= 15 is 0 Å². The maximum Gasteiger partial charge on any atom is 0.252 e. The summed E-state index contributed by atoms with van der Waals surface area (Å²) in [6.07, 6.45) is 0.529. The molecule has 0 spiro atoms. The molecule has 1 aliphatic rings. The number of phenolic OH excluding ortho intramolecular Hbond substituents is 1. The van der Waals surface area contributed by atoms with Gasteiger partial charge in [-0.25, -0.2) is 0 Å². The molecule has 3 rings (SSSR count). The maximum atomic E-state index is 12.5. The van der Waals surface area contributed by atoms with E-state index in [0.717, 1.165) is 5.56 Å². The van der Waals surface area contributed by atoms with Gasteiger partial charge < -0.3 is 15.3 Å². The van der Waals surface area contributed by atoms with Crippen molar-refractivity contribution in [1.82, 2.24) is 10.2 Å². The Morgan fingerprint density at radius 1 is 1.28 bits per heavy atom. The van der Waals surface area contributed by atoms with Gasteiger partial charge in [-0.15, -0.1) is 0 Å². The lowest BCUT2D eigenvalue weighted by molar-refractivity contribution is -0.129. The molecule has 0 aliphatic carbocycles. The molecule has 0 unspecified atom stereocenters. The van der Waals surface area contributed by atoms with Crippen LogP contribution in [0, 0.1) is 11.3 Å². The zero-order chi connectivity index (χ0) is 17.8. The molecule has 0 bridgehead atoms. The quantitative estimate of drug-likeness (QED) is 0.891. The number of carbonyl (C=O) groups excluding carboxylic acids is 2. The molecule has 6 nitrogen and oxygen atoms in total. The van der Waals surface area contributed by atoms with Gasteiger partial charge in [-0.05, 0) is 42.3 Å². The van der Waals surface area contributed by atoms with Gasteiger partial charge in [-0.1, -0.05) is 18.2 Å². The molecule has 1 aliphatic heterocycles. The molecule has 1 fully saturated rings. The molecule has 0 aromatic heterocycles. The lowest BCUT2D eigenvalue weighted by atomic mass is 10.1. The molecule has 2 amide bonds. The number of amides is 2. The first-order chi connectivity index (χ1) is 12.1. The van der Waals surface area contributed by atoms with E-state index < -0.39 is 6.04 Å². The Hall–Kier alpha value is -3.33. The lowest BCUT2D eigenvalue weighted by Gasteiger charge is -2.17. The lowest BCUT2D eigenvalue weighted by Crippen LogP contribution is -2.41. The Kier molecular flexibility index (Phi) is 4.66. The second-order valence-corrected chi connectivity index (χ2v) is 5.94. The Balaban J connectivity index is 1.63. The number of phenols is 1. The van der Waals surface area contributed by atoms with Crippen LogP contribution in [0.1, 0.15) is 27.9 Å². The third-order valence-corrected chi connectivity index (χ3v) is 4.14. The summed E-state index contributed by atoms with van der Waals surface area (Å²) in [4.78, 5) is 26.4. The van der Waals surface area contributed by atoms with Crippen LogP contribution in [0.5, 0.6) is 5.75 Å². The van der Waals surface area contributed by atoms with Gasteiger partial charge in [0.15, 0.2) is 0 Å². The Morgan fingerprint density at radius 2 is 2.08 bits per heavy atom. The molecule has 1 saturated heterocycles. The number of nitriles is 1. The van der Waals surface area contributed by atoms with Gasteiger partial charge in [0.05, 0.1) is 11.6 Å². The molecule has 6 heteroatoms. The van der Waals surface area contributed by atoms with Crippen molar-refractivity contribution in [3.8, 4) is 11.8 Å². The van der Waals surface area contributed by atoms with Crippen molar-refractivity contribution in [1.29, 1.82) is 5.26 Å². The second-order valence-electron chi connectivity index (χ2n) is 5.94. The molecule has 2 aromatic rings. The molecule has 0 radical (unpaired) electrons. The van der Waals surface area contributed by atoms with Crippen LogP contribution in [0.15, 0.2) is 48.5 Å². The first-order valence-electron chi connectivity index (χ1n) is 7.94. The van der Waals surface area contributed by atoms with Crippen LogP contribution in [0.25, 0.3) is 0 Å². The number of aromatic hydroxyl groups is 1. The average molecular weight is 335 g/mol. The summed E-state index contributed by atoms with van der Waals surface area (Å²) < 4.78 is 0. The van der Waals surface area contributed by atoms with Gasteiger partial charge in [-0.3, -0.25) is 9.59 Å². The monoisotopic (exact) mass is 335 g/mol. The van der Waals surface area contributed by atoms with Gasteiger partial charge in [0.2, 0.25) is 5.91 Å².